The number of nitrogens with zero attached hydrogens (tertiary/aromatic N) is 2. The lowest BCUT2D eigenvalue weighted by molar-refractivity contribution is -0.140. The third-order valence-corrected chi connectivity index (χ3v) is 4.04. The lowest BCUT2D eigenvalue weighted by Crippen LogP contribution is -2.11. The summed E-state index contributed by atoms with van der Waals surface area (Å²) in [7, 11) is 1.36. The van der Waals surface area contributed by atoms with Crippen molar-refractivity contribution in [3.63, 3.8) is 0 Å². The average Bonchev–Trinajstić information content (AvgIpc) is 3.02. The molecular formula is C15H18N4O3S. The number of nitrogens with one attached hydrogen (secondary N) is 1. The van der Waals surface area contributed by atoms with E-state index in [0.717, 1.165) is 10.6 Å². The number of esters is 1. The van der Waals surface area contributed by atoms with Gasteiger partial charge in [-0.2, -0.15) is 0 Å². The molecule has 8 heteroatoms. The SMILES string of the molecule is COC(=O)CCCc1nnc(NC(=O)c2ccc(CN)cc2)s1. The summed E-state index contributed by atoms with van der Waals surface area (Å²) in [6.07, 6.45) is 1.59. The molecule has 0 radical (unpaired) electrons. The molecule has 0 aliphatic rings. The number of amides is 1. The van der Waals surface area contributed by atoms with Crippen LogP contribution in [0.15, 0.2) is 24.3 Å². The van der Waals surface area contributed by atoms with Gasteiger partial charge in [0.25, 0.3) is 5.91 Å². The Labute approximate surface area is 137 Å². The molecule has 3 N–H and O–H groups in total. The molecular weight excluding hydrogens is 316 g/mol. The Hall–Kier alpha value is -2.32. The maximum atomic E-state index is 12.1. The molecule has 2 rings (SSSR count). The Bertz CT molecular complexity index is 670. The lowest BCUT2D eigenvalue weighted by Gasteiger charge is -2.02. The highest BCUT2D eigenvalue weighted by Crippen LogP contribution is 2.18. The van der Waals surface area contributed by atoms with Crippen LogP contribution in [0.25, 0.3) is 0 Å². The zero-order chi connectivity index (χ0) is 16.7. The molecule has 0 saturated carbocycles. The normalized spacial score (nSPS) is 10.3. The second-order valence-corrected chi connectivity index (χ2v) is 5.85. The highest BCUT2D eigenvalue weighted by molar-refractivity contribution is 7.15. The fourth-order valence-electron chi connectivity index (χ4n) is 1.85. The quantitative estimate of drug-likeness (QED) is 0.747. The first-order valence-electron chi connectivity index (χ1n) is 7.12. The van der Waals surface area contributed by atoms with Gasteiger partial charge < -0.3 is 10.5 Å². The fraction of sp³-hybridized carbons (Fsp3) is 0.333. The monoisotopic (exact) mass is 334 g/mol. The lowest BCUT2D eigenvalue weighted by atomic mass is 10.1. The number of anilines is 1. The Morgan fingerprint density at radius 1 is 1.26 bits per heavy atom. The Morgan fingerprint density at radius 3 is 2.65 bits per heavy atom. The van der Waals surface area contributed by atoms with E-state index in [1.165, 1.54) is 18.4 Å². The Morgan fingerprint density at radius 2 is 2.00 bits per heavy atom. The van der Waals surface area contributed by atoms with Crippen molar-refractivity contribution >= 4 is 28.3 Å². The minimum Gasteiger partial charge on any atom is -0.469 e. The first-order valence-corrected chi connectivity index (χ1v) is 7.93. The molecule has 122 valence electrons. The summed E-state index contributed by atoms with van der Waals surface area (Å²) < 4.78 is 4.58. The van der Waals surface area contributed by atoms with Crippen molar-refractivity contribution < 1.29 is 14.3 Å². The number of methoxy groups -OCH3 is 1. The summed E-state index contributed by atoms with van der Waals surface area (Å²) in [5.41, 5.74) is 7.02. The van der Waals surface area contributed by atoms with Crippen molar-refractivity contribution in [3.05, 3.63) is 40.4 Å². The summed E-state index contributed by atoms with van der Waals surface area (Å²) >= 11 is 1.30. The molecule has 1 heterocycles. The van der Waals surface area contributed by atoms with Gasteiger partial charge in [0.2, 0.25) is 5.13 Å². The number of rotatable bonds is 7. The number of hydrogen-bond acceptors (Lipinski definition) is 7. The molecule has 0 unspecified atom stereocenters. The van der Waals surface area contributed by atoms with Crippen LogP contribution in [0.1, 0.15) is 33.8 Å². The van der Waals surface area contributed by atoms with Crippen LogP contribution >= 0.6 is 11.3 Å². The molecule has 0 atom stereocenters. The first-order chi connectivity index (χ1) is 11.1. The summed E-state index contributed by atoms with van der Waals surface area (Å²) in [4.78, 5) is 23.1. The molecule has 2 aromatic rings. The van der Waals surface area contributed by atoms with Crippen LogP contribution in [0.3, 0.4) is 0 Å². The molecule has 1 aromatic carbocycles. The van der Waals surface area contributed by atoms with Crippen molar-refractivity contribution in [1.82, 2.24) is 10.2 Å². The van der Waals surface area contributed by atoms with E-state index in [1.54, 1.807) is 12.1 Å². The Kier molecular flexibility index (Phi) is 6.19. The number of aromatic nitrogens is 2. The summed E-state index contributed by atoms with van der Waals surface area (Å²) in [5.74, 6) is -0.491. The Balaban J connectivity index is 1.87. The van der Waals surface area contributed by atoms with Gasteiger partial charge in [-0.15, -0.1) is 10.2 Å². The fourth-order valence-corrected chi connectivity index (χ4v) is 2.63. The van der Waals surface area contributed by atoms with E-state index >= 15 is 0 Å². The van der Waals surface area contributed by atoms with Crippen LogP contribution < -0.4 is 11.1 Å². The first kappa shape index (κ1) is 17.0. The van der Waals surface area contributed by atoms with E-state index < -0.39 is 0 Å². The van der Waals surface area contributed by atoms with Gasteiger partial charge in [-0.3, -0.25) is 14.9 Å². The highest BCUT2D eigenvalue weighted by atomic mass is 32.1. The number of carbonyl (C=O) groups is 2. The van der Waals surface area contributed by atoms with Crippen molar-refractivity contribution in [2.45, 2.75) is 25.8 Å². The molecule has 0 aliphatic heterocycles. The topological polar surface area (TPSA) is 107 Å². The molecule has 7 nitrogen and oxygen atoms in total. The largest absolute Gasteiger partial charge is 0.469 e. The number of benzene rings is 1. The van der Waals surface area contributed by atoms with Crippen LogP contribution in [0.5, 0.6) is 0 Å². The van der Waals surface area contributed by atoms with Crippen LogP contribution in [-0.4, -0.2) is 29.2 Å². The predicted molar refractivity (Wildman–Crippen MR) is 87.1 cm³/mol. The number of nitrogens with two attached hydrogens (primary N) is 1. The standard InChI is InChI=1S/C15H18N4O3S/c1-22-13(20)4-2-3-12-18-19-15(23-12)17-14(21)11-7-5-10(9-16)6-8-11/h5-8H,2-4,9,16H2,1H3,(H,17,19,21). The number of aryl methyl sites for hydroxylation is 1. The third-order valence-electron chi connectivity index (χ3n) is 3.14. The maximum absolute atomic E-state index is 12.1. The predicted octanol–water partition coefficient (Wildman–Crippen LogP) is 1.74. The molecule has 0 saturated heterocycles. The average molecular weight is 334 g/mol. The van der Waals surface area contributed by atoms with Gasteiger partial charge in [0.05, 0.1) is 7.11 Å². The zero-order valence-electron chi connectivity index (χ0n) is 12.7. The van der Waals surface area contributed by atoms with Crippen molar-refractivity contribution in [2.75, 3.05) is 12.4 Å². The van der Waals surface area contributed by atoms with E-state index in [9.17, 15) is 9.59 Å². The van der Waals surface area contributed by atoms with Gasteiger partial charge in [0.15, 0.2) is 0 Å². The van der Waals surface area contributed by atoms with Crippen molar-refractivity contribution in [3.8, 4) is 0 Å². The minimum atomic E-state index is -0.246. The second kappa shape index (κ2) is 8.35. The van der Waals surface area contributed by atoms with Gasteiger partial charge in [-0.05, 0) is 24.1 Å². The van der Waals surface area contributed by atoms with E-state index in [2.05, 4.69) is 20.3 Å². The number of carbonyl (C=O) groups excluding carboxylic acids is 2. The van der Waals surface area contributed by atoms with Crippen molar-refractivity contribution in [2.24, 2.45) is 5.73 Å². The molecule has 0 bridgehead atoms. The third kappa shape index (κ3) is 5.11. The van der Waals surface area contributed by atoms with Gasteiger partial charge in [0.1, 0.15) is 5.01 Å². The summed E-state index contributed by atoms with van der Waals surface area (Å²) in [6, 6.07) is 7.06. The summed E-state index contributed by atoms with van der Waals surface area (Å²) in [5, 5.41) is 11.8. The van der Waals surface area contributed by atoms with E-state index in [0.29, 0.717) is 36.5 Å². The molecule has 0 fully saturated rings. The van der Waals surface area contributed by atoms with Gasteiger partial charge in [-0.1, -0.05) is 23.5 Å². The van der Waals surface area contributed by atoms with E-state index in [4.69, 9.17) is 5.73 Å². The number of ether oxygens (including phenoxy) is 1. The van der Waals surface area contributed by atoms with Crippen LogP contribution in [0, 0.1) is 0 Å². The van der Waals surface area contributed by atoms with Gasteiger partial charge in [-0.25, -0.2) is 0 Å². The summed E-state index contributed by atoms with van der Waals surface area (Å²) in [6.45, 7) is 0.438. The van der Waals surface area contributed by atoms with Crippen LogP contribution in [0.2, 0.25) is 0 Å². The van der Waals surface area contributed by atoms with E-state index in [-0.39, 0.29) is 11.9 Å². The molecule has 0 aliphatic carbocycles. The highest BCUT2D eigenvalue weighted by Gasteiger charge is 2.10. The minimum absolute atomic E-state index is 0.245. The zero-order valence-corrected chi connectivity index (χ0v) is 13.6. The van der Waals surface area contributed by atoms with Crippen LogP contribution in [0.4, 0.5) is 5.13 Å². The molecule has 1 aromatic heterocycles. The van der Waals surface area contributed by atoms with E-state index in [1.807, 2.05) is 12.1 Å². The second-order valence-electron chi connectivity index (χ2n) is 4.79. The van der Waals surface area contributed by atoms with Crippen molar-refractivity contribution in [1.29, 1.82) is 0 Å². The molecule has 1 amide bonds. The maximum Gasteiger partial charge on any atom is 0.305 e. The number of hydrogen-bond donors (Lipinski definition) is 2. The van der Waals surface area contributed by atoms with Crippen LogP contribution in [-0.2, 0) is 22.5 Å². The van der Waals surface area contributed by atoms with Gasteiger partial charge >= 0.3 is 5.97 Å². The molecule has 0 spiro atoms. The van der Waals surface area contributed by atoms with Gasteiger partial charge in [0, 0.05) is 24.9 Å². The smallest absolute Gasteiger partial charge is 0.305 e. The molecule has 23 heavy (non-hydrogen) atoms.